The summed E-state index contributed by atoms with van der Waals surface area (Å²) in [7, 11) is -6.91. The van der Waals surface area contributed by atoms with E-state index in [0.29, 0.717) is 6.16 Å². The van der Waals surface area contributed by atoms with Crippen LogP contribution in [0.4, 0.5) is 0 Å². The zero-order chi connectivity index (χ0) is 29.3. The average Bonchev–Trinajstić information content (AvgIpc) is 2.84. The van der Waals surface area contributed by atoms with Crippen molar-refractivity contribution < 1.29 is 13.4 Å². The van der Waals surface area contributed by atoms with E-state index < -0.39 is 23.8 Å². The van der Waals surface area contributed by atoms with E-state index in [0.717, 1.165) is 29.0 Å². The molecule has 0 aliphatic heterocycles. The van der Waals surface area contributed by atoms with Gasteiger partial charge in [0, 0.05) is 16.8 Å². The molecule has 39 heavy (non-hydrogen) atoms. The fourth-order valence-electron chi connectivity index (χ4n) is 4.43. The van der Waals surface area contributed by atoms with Gasteiger partial charge in [-0.3, -0.25) is 0 Å². The molecule has 2 aromatic rings. The summed E-state index contributed by atoms with van der Waals surface area (Å²) in [5, 5.41) is 2.02. The molecule has 214 valence electrons. The van der Waals surface area contributed by atoms with E-state index in [9.17, 15) is 4.57 Å². The third-order valence-corrected chi connectivity index (χ3v) is 21.2. The highest BCUT2D eigenvalue weighted by Gasteiger charge is 2.44. The number of hydrogen-bond acceptors (Lipinski definition) is 3. The maximum absolute atomic E-state index is 14.7. The highest BCUT2D eigenvalue weighted by molar-refractivity contribution is 7.78. The number of benzene rings is 2. The SMILES string of the molecule is C=C1[C@H](O[Si](C)(C)C(C)(C)C)C=C(CCP(=O)(c2ccccc2)c2ccccc2)C[C@H]1O[Si](C)(C)C(C)(C)C. The van der Waals surface area contributed by atoms with Gasteiger partial charge >= 0.3 is 0 Å². The third kappa shape index (κ3) is 7.43. The highest BCUT2D eigenvalue weighted by Crippen LogP contribution is 2.47. The zero-order valence-corrected chi connectivity index (χ0v) is 28.9. The molecule has 3 rings (SSSR count). The predicted octanol–water partition coefficient (Wildman–Crippen LogP) is 9.06. The van der Waals surface area contributed by atoms with Crippen molar-refractivity contribution >= 4 is 34.4 Å². The topological polar surface area (TPSA) is 35.5 Å². The van der Waals surface area contributed by atoms with Crippen LogP contribution < -0.4 is 10.6 Å². The summed E-state index contributed by atoms with van der Waals surface area (Å²) in [6.45, 7) is 27.4. The van der Waals surface area contributed by atoms with Gasteiger partial charge in [-0.15, -0.1) is 0 Å². The molecule has 0 radical (unpaired) electrons. The van der Waals surface area contributed by atoms with Crippen LogP contribution in [0.1, 0.15) is 54.4 Å². The van der Waals surface area contributed by atoms with Crippen molar-refractivity contribution in [2.45, 2.75) is 103 Å². The number of hydrogen-bond donors (Lipinski definition) is 0. The Morgan fingerprint density at radius 1 is 0.795 bits per heavy atom. The quantitative estimate of drug-likeness (QED) is 0.168. The number of rotatable bonds is 9. The Labute approximate surface area is 240 Å². The molecule has 0 unspecified atom stereocenters. The van der Waals surface area contributed by atoms with Gasteiger partial charge in [-0.25, -0.2) is 0 Å². The molecule has 0 bridgehead atoms. The van der Waals surface area contributed by atoms with Crippen LogP contribution in [0.3, 0.4) is 0 Å². The van der Waals surface area contributed by atoms with E-state index in [1.807, 2.05) is 60.7 Å². The van der Waals surface area contributed by atoms with Crippen LogP contribution in [-0.2, 0) is 13.4 Å². The monoisotopic (exact) mass is 582 g/mol. The van der Waals surface area contributed by atoms with Crippen molar-refractivity contribution in [2.75, 3.05) is 6.16 Å². The molecule has 1 aliphatic carbocycles. The largest absolute Gasteiger partial charge is 0.410 e. The predicted molar refractivity (Wildman–Crippen MR) is 175 cm³/mol. The Bertz CT molecular complexity index is 1160. The first kappa shape index (κ1) is 32.0. The van der Waals surface area contributed by atoms with Gasteiger partial charge in [0.1, 0.15) is 7.14 Å². The Balaban J connectivity index is 1.97. The molecule has 0 amide bonds. The second kappa shape index (κ2) is 11.8. The van der Waals surface area contributed by atoms with Crippen molar-refractivity contribution in [1.29, 1.82) is 0 Å². The molecule has 0 fully saturated rings. The van der Waals surface area contributed by atoms with Crippen molar-refractivity contribution in [3.63, 3.8) is 0 Å². The summed E-state index contributed by atoms with van der Waals surface area (Å²) in [4.78, 5) is 0. The van der Waals surface area contributed by atoms with Gasteiger partial charge in [0.05, 0.1) is 12.2 Å². The van der Waals surface area contributed by atoms with Gasteiger partial charge in [-0.05, 0) is 54.7 Å². The smallest absolute Gasteiger partial charge is 0.193 e. The fraction of sp³-hybridized carbons (Fsp3) is 0.515. The lowest BCUT2D eigenvalue weighted by molar-refractivity contribution is 0.161. The lowest BCUT2D eigenvalue weighted by Gasteiger charge is -2.45. The molecule has 2 atom stereocenters. The van der Waals surface area contributed by atoms with Crippen molar-refractivity contribution in [3.05, 3.63) is 84.5 Å². The van der Waals surface area contributed by atoms with Gasteiger partial charge in [0.25, 0.3) is 0 Å². The molecule has 0 saturated carbocycles. The Hall–Kier alpha value is -1.50. The minimum Gasteiger partial charge on any atom is -0.410 e. The lowest BCUT2D eigenvalue weighted by atomic mass is 9.90. The summed E-state index contributed by atoms with van der Waals surface area (Å²) in [5.74, 6) is 0. The lowest BCUT2D eigenvalue weighted by Crippen LogP contribution is -2.49. The molecule has 3 nitrogen and oxygen atoms in total. The highest BCUT2D eigenvalue weighted by atomic mass is 31.2. The maximum Gasteiger partial charge on any atom is 0.193 e. The second-order valence-corrected chi connectivity index (χ2v) is 26.6. The molecule has 6 heteroatoms. The minimum absolute atomic E-state index is 0.0881. The van der Waals surface area contributed by atoms with E-state index in [-0.39, 0.29) is 22.3 Å². The molecular weight excluding hydrogens is 532 g/mol. The van der Waals surface area contributed by atoms with Gasteiger partial charge in [-0.1, -0.05) is 120 Å². The summed E-state index contributed by atoms with van der Waals surface area (Å²) < 4.78 is 28.6. The van der Waals surface area contributed by atoms with Crippen molar-refractivity contribution in [3.8, 4) is 0 Å². The van der Waals surface area contributed by atoms with Crippen molar-refractivity contribution in [1.82, 2.24) is 0 Å². The molecule has 2 aromatic carbocycles. The molecule has 0 spiro atoms. The Morgan fingerprint density at radius 2 is 1.23 bits per heavy atom. The standard InChI is InChI=1S/C33H51O3PSi2/c1-26-30(35-38(8,9)32(2,3)4)24-27(25-31(26)36-39(10,11)33(5,6)7)22-23-37(34,28-18-14-12-15-19-28)29-20-16-13-17-21-29/h12-21,24,30-31H,1,22-23,25H2,2-11H3/t30-,31-/m1/s1. The van der Waals surface area contributed by atoms with Crippen LogP contribution in [0.2, 0.25) is 36.3 Å². The van der Waals surface area contributed by atoms with E-state index in [1.54, 1.807) is 0 Å². The Morgan fingerprint density at radius 3 is 1.67 bits per heavy atom. The first-order valence-corrected chi connectivity index (χ1v) is 22.0. The van der Waals surface area contributed by atoms with Crippen LogP contribution in [0.15, 0.2) is 84.5 Å². The molecular formula is C33H51O3PSi2. The molecule has 0 saturated heterocycles. The summed E-state index contributed by atoms with van der Waals surface area (Å²) in [6.07, 6.45) is 4.11. The first-order chi connectivity index (χ1) is 17.9. The minimum atomic E-state index is -2.81. The van der Waals surface area contributed by atoms with Crippen LogP contribution >= 0.6 is 7.14 Å². The summed E-state index contributed by atoms with van der Waals surface area (Å²) in [5.41, 5.74) is 2.30. The first-order valence-electron chi connectivity index (χ1n) is 14.3. The Kier molecular flexibility index (Phi) is 9.67. The van der Waals surface area contributed by atoms with Gasteiger partial charge in [-0.2, -0.15) is 0 Å². The van der Waals surface area contributed by atoms with Crippen LogP contribution in [0.5, 0.6) is 0 Å². The second-order valence-electron chi connectivity index (χ2n) is 14.2. The van der Waals surface area contributed by atoms with Gasteiger partial charge in [0.15, 0.2) is 16.6 Å². The van der Waals surface area contributed by atoms with Crippen LogP contribution in [0.25, 0.3) is 0 Å². The zero-order valence-electron chi connectivity index (χ0n) is 26.0. The van der Waals surface area contributed by atoms with E-state index in [4.69, 9.17) is 8.85 Å². The van der Waals surface area contributed by atoms with Crippen molar-refractivity contribution in [2.24, 2.45) is 0 Å². The maximum atomic E-state index is 14.7. The molecule has 0 N–H and O–H groups in total. The van der Waals surface area contributed by atoms with E-state index >= 15 is 0 Å². The molecule has 1 aliphatic rings. The average molecular weight is 583 g/mol. The third-order valence-electron chi connectivity index (χ3n) is 9.18. The molecule has 0 heterocycles. The van der Waals surface area contributed by atoms with Gasteiger partial charge < -0.3 is 13.4 Å². The normalized spacial score (nSPS) is 19.6. The van der Waals surface area contributed by atoms with Crippen LogP contribution in [-0.4, -0.2) is 35.0 Å². The van der Waals surface area contributed by atoms with E-state index in [1.165, 1.54) is 5.57 Å². The summed E-state index contributed by atoms with van der Waals surface area (Å²) >= 11 is 0. The fourth-order valence-corrected chi connectivity index (χ4v) is 9.66. The van der Waals surface area contributed by atoms with Gasteiger partial charge in [0.2, 0.25) is 0 Å². The molecule has 0 aromatic heterocycles. The van der Waals surface area contributed by atoms with Crippen LogP contribution in [0, 0.1) is 0 Å². The summed E-state index contributed by atoms with van der Waals surface area (Å²) in [6, 6.07) is 20.0. The van der Waals surface area contributed by atoms with E-state index in [2.05, 4.69) is 80.4 Å².